The van der Waals surface area contributed by atoms with Gasteiger partial charge in [-0.2, -0.15) is 4.98 Å². The average Bonchev–Trinajstić information content (AvgIpc) is 3.16. The highest BCUT2D eigenvalue weighted by Gasteiger charge is 2.46. The lowest BCUT2D eigenvalue weighted by atomic mass is 9.93. The summed E-state index contributed by atoms with van der Waals surface area (Å²) in [6.07, 6.45) is 0.309. The summed E-state index contributed by atoms with van der Waals surface area (Å²) in [4.78, 5) is 9.68. The fourth-order valence-electron chi connectivity index (χ4n) is 3.43. The average molecular weight is 305 g/mol. The Kier molecular flexibility index (Phi) is 3.32. The molecule has 0 spiro atoms. The number of aromatic nitrogens is 2. The van der Waals surface area contributed by atoms with Gasteiger partial charge in [-0.15, -0.1) is 11.3 Å². The van der Waals surface area contributed by atoms with Crippen LogP contribution in [0.5, 0.6) is 0 Å². The first-order valence-electron chi connectivity index (χ1n) is 7.38. The second-order valence-electron chi connectivity index (χ2n) is 6.03. The van der Waals surface area contributed by atoms with Crippen molar-refractivity contribution in [1.82, 2.24) is 15.0 Å². The number of fused-ring (bicyclic) bond motifs is 1. The second kappa shape index (κ2) is 5.19. The summed E-state index contributed by atoms with van der Waals surface area (Å²) in [6, 6.07) is 4.42. The molecule has 0 aromatic carbocycles. The Bertz CT molecular complexity index is 638. The van der Waals surface area contributed by atoms with Crippen molar-refractivity contribution in [3.8, 4) is 0 Å². The van der Waals surface area contributed by atoms with Gasteiger partial charge in [-0.3, -0.25) is 4.90 Å². The Labute approximate surface area is 127 Å². The molecule has 3 atom stereocenters. The summed E-state index contributed by atoms with van der Waals surface area (Å²) in [5.74, 6) is 2.18. The number of likely N-dealkylation sites (tertiary alicyclic amines) is 1. The van der Waals surface area contributed by atoms with Crippen LogP contribution in [0.2, 0.25) is 0 Å². The van der Waals surface area contributed by atoms with Crippen LogP contribution >= 0.6 is 11.3 Å². The molecule has 2 aromatic heterocycles. The molecule has 0 unspecified atom stereocenters. The zero-order valence-electron chi connectivity index (χ0n) is 12.3. The summed E-state index contributed by atoms with van der Waals surface area (Å²) >= 11 is 1.88. The molecular weight excluding hydrogens is 286 g/mol. The van der Waals surface area contributed by atoms with Crippen LogP contribution in [0, 0.1) is 19.8 Å². The van der Waals surface area contributed by atoms with E-state index in [0.717, 1.165) is 25.5 Å². The quantitative estimate of drug-likeness (QED) is 0.871. The third kappa shape index (κ3) is 2.52. The van der Waals surface area contributed by atoms with Gasteiger partial charge in [-0.25, -0.2) is 0 Å². The van der Waals surface area contributed by atoms with Crippen molar-refractivity contribution in [3.63, 3.8) is 0 Å². The van der Waals surface area contributed by atoms with Crippen LogP contribution in [0.15, 0.2) is 16.7 Å². The number of rotatable bonds is 3. The van der Waals surface area contributed by atoms with Crippen LogP contribution in [-0.2, 0) is 11.3 Å². The van der Waals surface area contributed by atoms with Crippen LogP contribution in [0.4, 0.5) is 0 Å². The number of ether oxygens (including phenoxy) is 1. The smallest absolute Gasteiger partial charge is 0.232 e. The molecule has 2 fully saturated rings. The topological polar surface area (TPSA) is 51.4 Å². The Morgan fingerprint density at radius 1 is 1.33 bits per heavy atom. The summed E-state index contributed by atoms with van der Waals surface area (Å²) in [5, 5.41) is 3.91. The minimum atomic E-state index is 0.256. The van der Waals surface area contributed by atoms with Gasteiger partial charge in [0.25, 0.3) is 0 Å². The van der Waals surface area contributed by atoms with E-state index in [1.54, 1.807) is 0 Å². The predicted molar refractivity (Wildman–Crippen MR) is 79.3 cm³/mol. The van der Waals surface area contributed by atoms with Gasteiger partial charge in [-0.05, 0) is 26.0 Å². The predicted octanol–water partition coefficient (Wildman–Crippen LogP) is 2.36. The molecular formula is C15H19N3O2S. The van der Waals surface area contributed by atoms with Gasteiger partial charge < -0.3 is 9.26 Å². The lowest BCUT2D eigenvalue weighted by molar-refractivity contribution is 0.0959. The monoisotopic (exact) mass is 305 g/mol. The molecule has 2 aromatic rings. The molecule has 0 bridgehead atoms. The van der Waals surface area contributed by atoms with Crippen LogP contribution in [0.3, 0.4) is 0 Å². The third-order valence-electron chi connectivity index (χ3n) is 4.43. The summed E-state index contributed by atoms with van der Waals surface area (Å²) in [5.41, 5.74) is 0. The van der Waals surface area contributed by atoms with Crippen molar-refractivity contribution < 1.29 is 9.26 Å². The van der Waals surface area contributed by atoms with E-state index in [2.05, 4.69) is 34.1 Å². The zero-order chi connectivity index (χ0) is 14.4. The van der Waals surface area contributed by atoms with Gasteiger partial charge in [0.05, 0.1) is 18.6 Å². The molecule has 4 heterocycles. The van der Waals surface area contributed by atoms with Crippen molar-refractivity contribution in [2.24, 2.45) is 5.92 Å². The third-order valence-corrected chi connectivity index (χ3v) is 5.41. The molecule has 0 radical (unpaired) electrons. The van der Waals surface area contributed by atoms with Gasteiger partial charge in [0, 0.05) is 35.3 Å². The van der Waals surface area contributed by atoms with Gasteiger partial charge >= 0.3 is 0 Å². The number of aryl methyl sites for hydroxylation is 2. The maximum absolute atomic E-state index is 5.96. The molecule has 2 aliphatic heterocycles. The second-order valence-corrected chi connectivity index (χ2v) is 7.40. The van der Waals surface area contributed by atoms with Gasteiger partial charge in [0.1, 0.15) is 0 Å². The summed E-state index contributed by atoms with van der Waals surface area (Å²) in [6.45, 7) is 7.80. The van der Waals surface area contributed by atoms with E-state index in [9.17, 15) is 0 Å². The van der Waals surface area contributed by atoms with Crippen molar-refractivity contribution in [2.45, 2.75) is 32.4 Å². The number of hydrogen-bond donors (Lipinski definition) is 0. The van der Waals surface area contributed by atoms with Crippen molar-refractivity contribution in [3.05, 3.63) is 33.6 Å². The summed E-state index contributed by atoms with van der Waals surface area (Å²) in [7, 11) is 0. The minimum Gasteiger partial charge on any atom is -0.376 e. The molecule has 0 N–H and O–H groups in total. The maximum atomic E-state index is 5.96. The summed E-state index contributed by atoms with van der Waals surface area (Å²) < 4.78 is 11.3. The highest BCUT2D eigenvalue weighted by Crippen LogP contribution is 2.39. The molecule has 2 saturated heterocycles. The molecule has 6 heteroatoms. The van der Waals surface area contributed by atoms with Gasteiger partial charge in [0.2, 0.25) is 5.89 Å². The van der Waals surface area contributed by atoms with E-state index in [4.69, 9.17) is 9.26 Å². The fraction of sp³-hybridized carbons (Fsp3) is 0.600. The largest absolute Gasteiger partial charge is 0.376 e. The van der Waals surface area contributed by atoms with E-state index in [1.807, 2.05) is 18.3 Å². The standard InChI is InChI=1S/C15H19N3O2S/c1-9-3-4-11(21-9)5-18-6-12-13(8-19-14(12)7-18)15-16-10(2)17-20-15/h3-4,12-14H,5-8H2,1-2H3/t12-,13+,14-/m0/s1. The SMILES string of the molecule is Cc1noc([C@@H]2CO[C@H]3CN(Cc4ccc(C)s4)C[C@H]32)n1. The lowest BCUT2D eigenvalue weighted by Crippen LogP contribution is -2.23. The van der Waals surface area contributed by atoms with E-state index in [1.165, 1.54) is 9.75 Å². The number of nitrogens with zero attached hydrogens (tertiary/aromatic N) is 3. The van der Waals surface area contributed by atoms with Gasteiger partial charge in [0.15, 0.2) is 5.82 Å². The van der Waals surface area contributed by atoms with Gasteiger partial charge in [-0.1, -0.05) is 5.16 Å². The van der Waals surface area contributed by atoms with Crippen molar-refractivity contribution in [1.29, 1.82) is 0 Å². The molecule has 21 heavy (non-hydrogen) atoms. The van der Waals surface area contributed by atoms with Crippen molar-refractivity contribution in [2.75, 3.05) is 19.7 Å². The molecule has 0 amide bonds. The fourth-order valence-corrected chi connectivity index (χ4v) is 4.36. The molecule has 2 aliphatic rings. The highest BCUT2D eigenvalue weighted by atomic mass is 32.1. The van der Waals surface area contributed by atoms with Crippen LogP contribution in [-0.4, -0.2) is 40.8 Å². The number of thiophene rings is 1. The Hall–Kier alpha value is -1.24. The lowest BCUT2D eigenvalue weighted by Gasteiger charge is -2.17. The van der Waals surface area contributed by atoms with E-state index >= 15 is 0 Å². The molecule has 5 nitrogen and oxygen atoms in total. The molecule has 0 aliphatic carbocycles. The number of hydrogen-bond acceptors (Lipinski definition) is 6. The highest BCUT2D eigenvalue weighted by molar-refractivity contribution is 7.11. The van der Waals surface area contributed by atoms with E-state index in [-0.39, 0.29) is 5.92 Å². The first kappa shape index (κ1) is 13.4. The first-order chi connectivity index (χ1) is 10.2. The van der Waals surface area contributed by atoms with Crippen molar-refractivity contribution >= 4 is 11.3 Å². The maximum Gasteiger partial charge on any atom is 0.232 e. The normalized spacial score (nSPS) is 29.1. The molecule has 112 valence electrons. The first-order valence-corrected chi connectivity index (χ1v) is 8.20. The Morgan fingerprint density at radius 2 is 2.24 bits per heavy atom. The Balaban J connectivity index is 1.45. The Morgan fingerprint density at radius 3 is 2.95 bits per heavy atom. The molecule has 4 rings (SSSR count). The zero-order valence-corrected chi connectivity index (χ0v) is 13.1. The van der Waals surface area contributed by atoms with Crippen LogP contribution in [0.1, 0.15) is 27.4 Å². The van der Waals surface area contributed by atoms with Crippen LogP contribution < -0.4 is 0 Å². The minimum absolute atomic E-state index is 0.256. The van der Waals surface area contributed by atoms with E-state index in [0.29, 0.717) is 24.5 Å². The van der Waals surface area contributed by atoms with Crippen LogP contribution in [0.25, 0.3) is 0 Å². The van der Waals surface area contributed by atoms with E-state index < -0.39 is 0 Å². The molecule has 0 saturated carbocycles.